The van der Waals surface area contributed by atoms with Gasteiger partial charge in [0.1, 0.15) is 16.5 Å². The SMILES string of the molecule is Cc1sc2nc([C@H](C)Sc3nnc(Cc4cccs4)n3C3CC3)[nH]c(=O)c2c1C. The summed E-state index contributed by atoms with van der Waals surface area (Å²) in [6.45, 7) is 6.08. The molecule has 4 aromatic heterocycles. The Hall–Kier alpha value is -1.97. The van der Waals surface area contributed by atoms with Gasteiger partial charge in [-0.15, -0.1) is 32.9 Å². The number of hydrogen-bond donors (Lipinski definition) is 1. The summed E-state index contributed by atoms with van der Waals surface area (Å²) in [6.07, 6.45) is 3.16. The summed E-state index contributed by atoms with van der Waals surface area (Å²) in [5.74, 6) is 1.71. The molecule has 0 spiro atoms. The van der Waals surface area contributed by atoms with Crippen LogP contribution >= 0.6 is 34.4 Å². The van der Waals surface area contributed by atoms with Gasteiger partial charge in [-0.05, 0) is 50.6 Å². The Morgan fingerprint density at radius 2 is 2.17 bits per heavy atom. The van der Waals surface area contributed by atoms with Gasteiger partial charge in [-0.2, -0.15) is 0 Å². The number of nitrogens with zero attached hydrogens (tertiary/aromatic N) is 4. The average Bonchev–Trinajstić information content (AvgIpc) is 3.11. The molecule has 9 heteroatoms. The number of thiophene rings is 2. The molecule has 0 unspecified atom stereocenters. The van der Waals surface area contributed by atoms with Crippen molar-refractivity contribution < 1.29 is 0 Å². The van der Waals surface area contributed by atoms with Gasteiger partial charge in [0, 0.05) is 22.2 Å². The first-order valence-electron chi connectivity index (χ1n) is 9.64. The molecule has 1 aliphatic carbocycles. The summed E-state index contributed by atoms with van der Waals surface area (Å²) in [5, 5.41) is 12.7. The lowest BCUT2D eigenvalue weighted by molar-refractivity contribution is 0.633. The van der Waals surface area contributed by atoms with Gasteiger partial charge in [0.2, 0.25) is 0 Å². The summed E-state index contributed by atoms with van der Waals surface area (Å²) in [4.78, 5) is 23.6. The summed E-state index contributed by atoms with van der Waals surface area (Å²) in [6, 6.07) is 4.70. The molecule has 0 aromatic carbocycles. The van der Waals surface area contributed by atoms with Crippen LogP contribution in [0.2, 0.25) is 0 Å². The van der Waals surface area contributed by atoms with Gasteiger partial charge in [0.25, 0.3) is 5.56 Å². The molecule has 4 aromatic rings. The monoisotopic (exact) mass is 443 g/mol. The third-order valence-electron chi connectivity index (χ3n) is 5.28. The predicted octanol–water partition coefficient (Wildman–Crippen LogP) is 5.03. The third kappa shape index (κ3) is 3.55. The fraction of sp³-hybridized carbons (Fsp3) is 0.400. The summed E-state index contributed by atoms with van der Waals surface area (Å²) >= 11 is 4.95. The largest absolute Gasteiger partial charge is 0.309 e. The fourth-order valence-electron chi connectivity index (χ4n) is 3.45. The van der Waals surface area contributed by atoms with E-state index in [1.165, 1.54) is 17.7 Å². The topological polar surface area (TPSA) is 76.5 Å². The summed E-state index contributed by atoms with van der Waals surface area (Å²) < 4.78 is 2.29. The Balaban J connectivity index is 1.45. The minimum atomic E-state index is -0.0543. The normalized spacial score (nSPS) is 15.3. The second-order valence-electron chi connectivity index (χ2n) is 7.43. The first-order chi connectivity index (χ1) is 14.0. The number of nitrogens with one attached hydrogen (secondary N) is 1. The van der Waals surface area contributed by atoms with Gasteiger partial charge in [-0.3, -0.25) is 4.79 Å². The highest BCUT2D eigenvalue weighted by molar-refractivity contribution is 7.99. The zero-order chi connectivity index (χ0) is 20.1. The van der Waals surface area contributed by atoms with Gasteiger partial charge in [0.05, 0.1) is 10.6 Å². The van der Waals surface area contributed by atoms with Crippen molar-refractivity contribution >= 4 is 44.7 Å². The standard InChI is InChI=1S/C20H21N5OS3/c1-10-11(2)28-19-16(10)18(26)21-17(22-19)12(3)29-20-24-23-15(25(20)13-6-7-13)9-14-5-4-8-27-14/h4-5,8,12-13H,6-7,9H2,1-3H3,(H,21,22,26)/t12-/m0/s1. The zero-order valence-corrected chi connectivity index (χ0v) is 18.9. The number of aromatic amines is 1. The van der Waals surface area contributed by atoms with Crippen LogP contribution in [0.5, 0.6) is 0 Å². The van der Waals surface area contributed by atoms with E-state index in [0.29, 0.717) is 17.3 Å². The van der Waals surface area contributed by atoms with E-state index < -0.39 is 0 Å². The van der Waals surface area contributed by atoms with E-state index in [9.17, 15) is 4.79 Å². The molecule has 1 N–H and O–H groups in total. The number of H-pyrrole nitrogens is 1. The lowest BCUT2D eigenvalue weighted by atomic mass is 10.2. The van der Waals surface area contributed by atoms with Gasteiger partial charge in [-0.1, -0.05) is 17.8 Å². The lowest BCUT2D eigenvalue weighted by Crippen LogP contribution is -2.13. The maximum atomic E-state index is 12.6. The van der Waals surface area contributed by atoms with Crippen LogP contribution < -0.4 is 5.56 Å². The minimum absolute atomic E-state index is 0.0221. The molecule has 1 atom stereocenters. The highest BCUT2D eigenvalue weighted by atomic mass is 32.2. The molecular weight excluding hydrogens is 422 g/mol. The van der Waals surface area contributed by atoms with Crippen LogP contribution in [-0.4, -0.2) is 24.7 Å². The Kier molecular flexibility index (Phi) is 4.84. The molecule has 0 bridgehead atoms. The molecule has 0 aliphatic heterocycles. The Morgan fingerprint density at radius 3 is 2.90 bits per heavy atom. The van der Waals surface area contributed by atoms with Gasteiger partial charge >= 0.3 is 0 Å². The molecule has 0 radical (unpaired) electrons. The molecular formula is C20H21N5OS3. The number of aryl methyl sites for hydroxylation is 2. The van der Waals surface area contributed by atoms with Crippen molar-refractivity contribution in [2.75, 3.05) is 0 Å². The first-order valence-corrected chi connectivity index (χ1v) is 12.2. The first kappa shape index (κ1) is 19.0. The van der Waals surface area contributed by atoms with Crippen molar-refractivity contribution in [3.63, 3.8) is 0 Å². The quantitative estimate of drug-likeness (QED) is 0.423. The highest BCUT2D eigenvalue weighted by Gasteiger charge is 2.31. The van der Waals surface area contributed by atoms with Crippen LogP contribution in [0, 0.1) is 13.8 Å². The molecule has 1 fully saturated rings. The Labute approximate surface area is 180 Å². The molecule has 0 saturated heterocycles. The summed E-state index contributed by atoms with van der Waals surface area (Å²) in [7, 11) is 0. The molecule has 1 saturated carbocycles. The van der Waals surface area contributed by atoms with Crippen molar-refractivity contribution in [2.24, 2.45) is 0 Å². The molecule has 6 nitrogen and oxygen atoms in total. The van der Waals surface area contributed by atoms with Gasteiger partial charge in [-0.25, -0.2) is 4.98 Å². The van der Waals surface area contributed by atoms with Crippen molar-refractivity contribution in [3.05, 3.63) is 54.8 Å². The predicted molar refractivity (Wildman–Crippen MR) is 119 cm³/mol. The number of fused-ring (bicyclic) bond motifs is 1. The van der Waals surface area contributed by atoms with E-state index in [1.807, 2.05) is 13.8 Å². The van der Waals surface area contributed by atoms with E-state index in [0.717, 1.165) is 32.7 Å². The molecule has 0 amide bonds. The van der Waals surface area contributed by atoms with Gasteiger partial charge in [0.15, 0.2) is 5.16 Å². The molecule has 5 rings (SSSR count). The number of hydrogen-bond acceptors (Lipinski definition) is 7. The second kappa shape index (κ2) is 7.37. The number of thioether (sulfide) groups is 1. The van der Waals surface area contributed by atoms with Crippen molar-refractivity contribution in [1.29, 1.82) is 0 Å². The highest BCUT2D eigenvalue weighted by Crippen LogP contribution is 2.42. The van der Waals surface area contributed by atoms with Crippen molar-refractivity contribution in [2.45, 2.75) is 56.5 Å². The van der Waals surface area contributed by atoms with Crippen LogP contribution in [-0.2, 0) is 6.42 Å². The molecule has 150 valence electrons. The maximum Gasteiger partial charge on any atom is 0.259 e. The van der Waals surface area contributed by atoms with Crippen LogP contribution in [0.1, 0.15) is 58.0 Å². The third-order valence-corrected chi connectivity index (χ3v) is 8.33. The van der Waals surface area contributed by atoms with E-state index in [-0.39, 0.29) is 10.8 Å². The van der Waals surface area contributed by atoms with Crippen LogP contribution in [0.15, 0.2) is 27.5 Å². The van der Waals surface area contributed by atoms with E-state index in [4.69, 9.17) is 4.98 Å². The van der Waals surface area contributed by atoms with E-state index in [2.05, 4.69) is 44.2 Å². The van der Waals surface area contributed by atoms with Gasteiger partial charge < -0.3 is 9.55 Å². The maximum absolute atomic E-state index is 12.6. The Bertz CT molecular complexity index is 1230. The van der Waals surface area contributed by atoms with Crippen LogP contribution in [0.3, 0.4) is 0 Å². The smallest absolute Gasteiger partial charge is 0.259 e. The van der Waals surface area contributed by atoms with Crippen LogP contribution in [0.25, 0.3) is 10.2 Å². The molecule has 29 heavy (non-hydrogen) atoms. The number of rotatable bonds is 6. The number of aromatic nitrogens is 5. The van der Waals surface area contributed by atoms with E-state index >= 15 is 0 Å². The van der Waals surface area contributed by atoms with Crippen LogP contribution in [0.4, 0.5) is 0 Å². The van der Waals surface area contributed by atoms with Crippen molar-refractivity contribution in [3.8, 4) is 0 Å². The molecule has 4 heterocycles. The zero-order valence-electron chi connectivity index (χ0n) is 16.4. The average molecular weight is 444 g/mol. The van der Waals surface area contributed by atoms with E-state index in [1.54, 1.807) is 34.4 Å². The fourth-order valence-corrected chi connectivity index (χ4v) is 6.19. The second-order valence-corrected chi connectivity index (χ2v) is 11.0. The minimum Gasteiger partial charge on any atom is -0.309 e. The molecule has 1 aliphatic rings. The lowest BCUT2D eigenvalue weighted by Gasteiger charge is -2.12. The Morgan fingerprint density at radius 1 is 1.34 bits per heavy atom. The van der Waals surface area contributed by atoms with Crippen molar-refractivity contribution in [1.82, 2.24) is 24.7 Å². The summed E-state index contributed by atoms with van der Waals surface area (Å²) in [5.41, 5.74) is 0.971.